The third-order valence-corrected chi connectivity index (χ3v) is 18.9. The number of hydrogen-bond acceptors (Lipinski definition) is 7. The van der Waals surface area contributed by atoms with Crippen LogP contribution in [-0.2, 0) is 13.6 Å². The highest BCUT2D eigenvalue weighted by atomic mass is 28.4. The molecular weight excluding hydrogens is 743 g/mol. The van der Waals surface area contributed by atoms with Crippen molar-refractivity contribution in [3.8, 4) is 0 Å². The Morgan fingerprint density at radius 2 is 1.04 bits per heavy atom. The Morgan fingerprint density at radius 1 is 0.632 bits per heavy atom. The number of hydrogen-bond donors (Lipinski definition) is 2. The van der Waals surface area contributed by atoms with Crippen molar-refractivity contribution >= 4 is 64.9 Å². The number of imidazole rings is 1. The molecule has 282 valence electrons. The molecule has 1 saturated heterocycles. The van der Waals surface area contributed by atoms with E-state index in [1.807, 2.05) is 36.4 Å². The van der Waals surface area contributed by atoms with Gasteiger partial charge in [0.2, 0.25) is 5.95 Å². The second-order valence-corrected chi connectivity index (χ2v) is 20.9. The molecule has 3 N–H and O–H groups in total. The first kappa shape index (κ1) is 36.4. The zero-order valence-corrected chi connectivity index (χ0v) is 33.1. The predicted octanol–water partition coefficient (Wildman–Crippen LogP) is 3.73. The van der Waals surface area contributed by atoms with Gasteiger partial charge in [-0.3, -0.25) is 14.3 Å². The zero-order valence-electron chi connectivity index (χ0n) is 31.1. The minimum Gasteiger partial charge on any atom is -0.401 e. The van der Waals surface area contributed by atoms with E-state index in [1.54, 1.807) is 10.9 Å². The number of fused-ring (bicyclic) bond motifs is 1. The van der Waals surface area contributed by atoms with E-state index in [0.717, 1.165) is 31.1 Å². The fraction of sp³-hybridized carbons (Fsp3) is 0.109. The maximum Gasteiger partial charge on any atom is 0.288 e. The summed E-state index contributed by atoms with van der Waals surface area (Å²) in [6, 6.07) is 63.2. The van der Waals surface area contributed by atoms with Crippen molar-refractivity contribution in [1.29, 1.82) is 0 Å². The Morgan fingerprint density at radius 3 is 1.46 bits per heavy atom. The number of rotatable bonds is 12. The number of anilines is 1. The Hall–Kier alpha value is -6.22. The van der Waals surface area contributed by atoms with E-state index in [4.69, 9.17) is 19.3 Å². The number of benzene rings is 6. The van der Waals surface area contributed by atoms with Crippen LogP contribution in [0.5, 0.6) is 0 Å². The van der Waals surface area contributed by atoms with Crippen LogP contribution in [0, 0.1) is 0 Å². The Kier molecular flexibility index (Phi) is 10.1. The molecule has 0 radical (unpaired) electrons. The van der Waals surface area contributed by atoms with Crippen molar-refractivity contribution in [2.75, 3.05) is 12.3 Å². The second-order valence-electron chi connectivity index (χ2n) is 14.2. The average Bonchev–Trinajstić information content (AvgIpc) is 3.89. The third kappa shape index (κ3) is 6.75. The number of H-pyrrole nitrogens is 1. The second kappa shape index (κ2) is 15.7. The molecular formula is C46H41N5O4Si2. The van der Waals surface area contributed by atoms with Crippen LogP contribution in [0.2, 0.25) is 0 Å². The van der Waals surface area contributed by atoms with Crippen LogP contribution in [-0.4, -0.2) is 55.0 Å². The minimum atomic E-state index is -3.22. The fourth-order valence-electron chi connectivity index (χ4n) is 8.22. The number of aromatic nitrogens is 4. The van der Waals surface area contributed by atoms with Crippen molar-refractivity contribution in [3.63, 3.8) is 0 Å². The highest BCUT2D eigenvalue weighted by Crippen LogP contribution is 2.35. The molecule has 6 aromatic carbocycles. The number of nitrogens with two attached hydrogens (primary N) is 1. The van der Waals surface area contributed by atoms with Gasteiger partial charge in [-0.05, 0) is 31.1 Å². The summed E-state index contributed by atoms with van der Waals surface area (Å²) in [6.45, 7) is 0.220. The van der Waals surface area contributed by atoms with E-state index < -0.39 is 40.6 Å². The predicted molar refractivity (Wildman–Crippen MR) is 230 cm³/mol. The van der Waals surface area contributed by atoms with Crippen LogP contribution in [0.1, 0.15) is 12.6 Å². The minimum absolute atomic E-state index is 0.00737. The third-order valence-electron chi connectivity index (χ3n) is 10.8. The van der Waals surface area contributed by atoms with Gasteiger partial charge in [0, 0.05) is 6.42 Å². The highest BCUT2D eigenvalue weighted by molar-refractivity contribution is 7.07. The van der Waals surface area contributed by atoms with Crippen LogP contribution >= 0.6 is 0 Å². The lowest BCUT2D eigenvalue weighted by Gasteiger charge is -2.38. The summed E-state index contributed by atoms with van der Waals surface area (Å²) >= 11 is 0. The molecule has 2 aromatic heterocycles. The molecule has 0 spiro atoms. The molecule has 11 heteroatoms. The van der Waals surface area contributed by atoms with E-state index in [2.05, 4.69) is 161 Å². The van der Waals surface area contributed by atoms with E-state index in [0.29, 0.717) is 12.1 Å². The Bertz CT molecular complexity index is 2420. The van der Waals surface area contributed by atoms with Gasteiger partial charge in [-0.1, -0.05) is 182 Å². The molecule has 3 atom stereocenters. The molecule has 0 aliphatic carbocycles. The monoisotopic (exact) mass is 783 g/mol. The molecule has 9 nitrogen and oxygen atoms in total. The van der Waals surface area contributed by atoms with Gasteiger partial charge < -0.3 is 19.3 Å². The van der Waals surface area contributed by atoms with Gasteiger partial charge in [-0.15, -0.1) is 0 Å². The van der Waals surface area contributed by atoms with Crippen LogP contribution < -0.4 is 42.4 Å². The van der Waals surface area contributed by atoms with Crippen LogP contribution in [0.4, 0.5) is 5.95 Å². The van der Waals surface area contributed by atoms with E-state index >= 15 is 0 Å². The molecule has 3 heterocycles. The first-order valence-corrected chi connectivity index (χ1v) is 22.9. The van der Waals surface area contributed by atoms with Crippen LogP contribution in [0.25, 0.3) is 11.2 Å². The Balaban J connectivity index is 1.20. The summed E-state index contributed by atoms with van der Waals surface area (Å²) in [6.07, 6.45) is 0.444. The smallest absolute Gasteiger partial charge is 0.288 e. The maximum atomic E-state index is 12.9. The standard InChI is InChI=1S/C46H41N5O4Si2/c47-46-49-44-43(45(52)50-46)48-33-51(44)42-31-40(55-57(37-25-13-4-14-26-37,38-27-15-5-16-28-38)39-29-17-6-18-30-39)41(54-42)32-53-56(34-19-7-1-8-20-34,35-21-9-2-10-22-35)36-23-11-3-12-24-36/h1-30,33,40-42H,31-32H2,(H3,47,49,50,52)/t40-,41+,42+/m0/s1. The zero-order chi connectivity index (χ0) is 38.7. The van der Waals surface area contributed by atoms with E-state index in [-0.39, 0.29) is 18.1 Å². The molecule has 1 fully saturated rings. The van der Waals surface area contributed by atoms with Crippen LogP contribution in [0.3, 0.4) is 0 Å². The quantitative estimate of drug-likeness (QED) is 0.143. The van der Waals surface area contributed by atoms with Gasteiger partial charge in [-0.2, -0.15) is 4.98 Å². The maximum absolute atomic E-state index is 12.9. The summed E-state index contributed by atoms with van der Waals surface area (Å²) in [5, 5.41) is 6.70. The molecule has 0 amide bonds. The van der Waals surface area contributed by atoms with Gasteiger partial charge in [0.15, 0.2) is 11.2 Å². The molecule has 0 saturated carbocycles. The molecule has 57 heavy (non-hydrogen) atoms. The van der Waals surface area contributed by atoms with Gasteiger partial charge in [0.05, 0.1) is 19.0 Å². The summed E-state index contributed by atoms with van der Waals surface area (Å²) in [4.78, 5) is 24.4. The molecule has 1 aliphatic heterocycles. The first-order valence-electron chi connectivity index (χ1n) is 19.1. The van der Waals surface area contributed by atoms with Crippen LogP contribution in [0.15, 0.2) is 193 Å². The summed E-state index contributed by atoms with van der Waals surface area (Å²) in [7, 11) is -6.36. The number of ether oxygens (including phenoxy) is 1. The van der Waals surface area contributed by atoms with Crippen molar-refractivity contribution in [1.82, 2.24) is 19.5 Å². The topological polar surface area (TPSA) is 117 Å². The summed E-state index contributed by atoms with van der Waals surface area (Å²) < 4.78 is 24.3. The van der Waals surface area contributed by atoms with Crippen molar-refractivity contribution in [2.45, 2.75) is 24.9 Å². The summed E-state index contributed by atoms with van der Waals surface area (Å²) in [5.41, 5.74) is 6.19. The van der Waals surface area contributed by atoms with E-state index in [1.165, 1.54) is 0 Å². The van der Waals surface area contributed by atoms with Crippen molar-refractivity contribution < 1.29 is 13.6 Å². The highest BCUT2D eigenvalue weighted by Gasteiger charge is 2.50. The average molecular weight is 784 g/mol. The van der Waals surface area contributed by atoms with E-state index in [9.17, 15) is 4.79 Å². The number of nitrogens with one attached hydrogen (secondary N) is 1. The molecule has 0 bridgehead atoms. The molecule has 0 unspecified atom stereocenters. The fourth-order valence-corrected chi connectivity index (χ4v) is 16.2. The Labute approximate surface area is 332 Å². The summed E-state index contributed by atoms with van der Waals surface area (Å²) in [5.74, 6) is 0.00737. The number of nitrogens with zero attached hydrogens (tertiary/aromatic N) is 3. The largest absolute Gasteiger partial charge is 0.401 e. The van der Waals surface area contributed by atoms with Gasteiger partial charge in [0.1, 0.15) is 12.3 Å². The lowest BCUT2D eigenvalue weighted by Crippen LogP contribution is -2.71. The SMILES string of the molecule is Nc1nc2c(ncn2[C@H]2C[C@H](O[Si](c3ccccc3)(c3ccccc3)c3ccccc3)[C@@H](CO[Si](c3ccccc3)(c3ccccc3)c3ccccc3)O2)c(=O)[nH]1. The molecule has 9 rings (SSSR count). The molecule has 8 aromatic rings. The van der Waals surface area contributed by atoms with Crippen molar-refractivity contribution in [3.05, 3.63) is 199 Å². The number of nitrogen functional groups attached to an aromatic ring is 1. The van der Waals surface area contributed by atoms with Crippen molar-refractivity contribution in [2.24, 2.45) is 0 Å². The van der Waals surface area contributed by atoms with Gasteiger partial charge in [-0.25, -0.2) is 4.98 Å². The first-order chi connectivity index (χ1) is 28.1. The normalized spacial score (nSPS) is 17.2. The number of aromatic amines is 1. The van der Waals surface area contributed by atoms with Gasteiger partial charge >= 0.3 is 0 Å². The van der Waals surface area contributed by atoms with Gasteiger partial charge in [0.25, 0.3) is 22.2 Å². The lowest BCUT2D eigenvalue weighted by molar-refractivity contribution is -0.0352. The molecule has 1 aliphatic rings. The lowest BCUT2D eigenvalue weighted by atomic mass is 10.2.